The third-order valence-electron chi connectivity index (χ3n) is 4.13. The van der Waals surface area contributed by atoms with Gasteiger partial charge in [0.05, 0.1) is 12.2 Å². The van der Waals surface area contributed by atoms with Crippen LogP contribution in [0.4, 0.5) is 0 Å². The molecule has 2 aliphatic rings. The summed E-state index contributed by atoms with van der Waals surface area (Å²) in [6, 6.07) is 10.7. The van der Waals surface area contributed by atoms with Crippen molar-refractivity contribution in [3.05, 3.63) is 47.5 Å². The highest BCUT2D eigenvalue weighted by atomic mass is 16.5. The first-order chi connectivity index (χ1) is 9.84. The average Bonchev–Trinajstić information content (AvgIpc) is 2.81. The molecule has 106 valence electrons. The summed E-state index contributed by atoms with van der Waals surface area (Å²) in [5.74, 6) is -0.104. The van der Waals surface area contributed by atoms with Gasteiger partial charge in [0.25, 0.3) is 0 Å². The molecule has 1 aromatic carbocycles. The summed E-state index contributed by atoms with van der Waals surface area (Å²) in [7, 11) is 0. The van der Waals surface area contributed by atoms with Gasteiger partial charge in [0, 0.05) is 12.6 Å². The molecule has 2 heterocycles. The lowest BCUT2D eigenvalue weighted by Crippen LogP contribution is -2.33. The van der Waals surface area contributed by atoms with Crippen LogP contribution < -0.4 is 0 Å². The molecule has 1 atom stereocenters. The molecule has 3 rings (SSSR count). The van der Waals surface area contributed by atoms with Crippen molar-refractivity contribution in [2.45, 2.75) is 38.3 Å². The molecule has 3 heteroatoms. The van der Waals surface area contributed by atoms with Gasteiger partial charge in [-0.1, -0.05) is 36.4 Å². The lowest BCUT2D eigenvalue weighted by molar-refractivity contribution is -0.139. The minimum atomic E-state index is -0.104. The highest BCUT2D eigenvalue weighted by Gasteiger charge is 2.32. The topological polar surface area (TPSA) is 29.5 Å². The predicted molar refractivity (Wildman–Crippen MR) is 78.2 cm³/mol. The van der Waals surface area contributed by atoms with Crippen LogP contribution in [0.2, 0.25) is 0 Å². The van der Waals surface area contributed by atoms with Gasteiger partial charge in [0.1, 0.15) is 0 Å². The van der Waals surface area contributed by atoms with Crippen LogP contribution in [0.15, 0.2) is 42.0 Å². The molecule has 1 fully saturated rings. The second-order valence-corrected chi connectivity index (χ2v) is 5.55. The first kappa shape index (κ1) is 13.4. The van der Waals surface area contributed by atoms with Gasteiger partial charge in [-0.05, 0) is 37.8 Å². The summed E-state index contributed by atoms with van der Waals surface area (Å²) in [6.07, 6.45) is 6.22. The van der Waals surface area contributed by atoms with Gasteiger partial charge in [-0.15, -0.1) is 0 Å². The number of cyclic esters (lactones) is 1. The molecule has 0 bridgehead atoms. The number of esters is 1. The summed E-state index contributed by atoms with van der Waals surface area (Å²) in [5, 5.41) is 0. The van der Waals surface area contributed by atoms with Crippen LogP contribution in [-0.4, -0.2) is 30.1 Å². The fourth-order valence-corrected chi connectivity index (χ4v) is 3.13. The van der Waals surface area contributed by atoms with Crippen LogP contribution in [0.1, 0.15) is 31.2 Å². The quantitative estimate of drug-likeness (QED) is 0.792. The molecule has 0 aromatic heterocycles. The first-order valence-electron chi connectivity index (χ1n) is 7.50. The maximum atomic E-state index is 12.1. The Labute approximate surface area is 120 Å². The normalized spacial score (nSPS) is 24.1. The van der Waals surface area contributed by atoms with Crippen LogP contribution in [0.5, 0.6) is 0 Å². The van der Waals surface area contributed by atoms with E-state index in [0.717, 1.165) is 44.3 Å². The zero-order chi connectivity index (χ0) is 13.8. The molecule has 0 amide bonds. The van der Waals surface area contributed by atoms with E-state index in [1.54, 1.807) is 0 Å². The Morgan fingerprint density at radius 3 is 2.90 bits per heavy atom. The van der Waals surface area contributed by atoms with Crippen molar-refractivity contribution in [1.82, 2.24) is 4.90 Å². The number of likely N-dealkylation sites (tertiary alicyclic amines) is 1. The standard InChI is InChI=1S/C17H21NO2/c19-17-15(9-4-5-12-20-17)16-10-6-11-18(16)13-14-7-2-1-3-8-14/h1-3,7-9,16H,4-6,10-13H2. The largest absolute Gasteiger partial charge is 0.462 e. The second kappa shape index (κ2) is 6.23. The molecule has 0 saturated carbocycles. The Morgan fingerprint density at radius 2 is 2.05 bits per heavy atom. The molecule has 1 aromatic rings. The molecule has 1 unspecified atom stereocenters. The van der Waals surface area contributed by atoms with E-state index in [2.05, 4.69) is 35.2 Å². The highest BCUT2D eigenvalue weighted by Crippen LogP contribution is 2.27. The number of ether oxygens (including phenoxy) is 1. The van der Waals surface area contributed by atoms with Crippen molar-refractivity contribution in [1.29, 1.82) is 0 Å². The van der Waals surface area contributed by atoms with Gasteiger partial charge in [-0.2, -0.15) is 0 Å². The van der Waals surface area contributed by atoms with Crippen LogP contribution in [0.25, 0.3) is 0 Å². The van der Waals surface area contributed by atoms with E-state index >= 15 is 0 Å². The molecule has 2 aliphatic heterocycles. The maximum absolute atomic E-state index is 12.1. The zero-order valence-corrected chi connectivity index (χ0v) is 11.8. The maximum Gasteiger partial charge on any atom is 0.335 e. The van der Waals surface area contributed by atoms with E-state index in [1.165, 1.54) is 5.56 Å². The number of benzene rings is 1. The van der Waals surface area contributed by atoms with E-state index in [-0.39, 0.29) is 12.0 Å². The summed E-state index contributed by atoms with van der Waals surface area (Å²) in [5.41, 5.74) is 2.19. The van der Waals surface area contributed by atoms with Gasteiger partial charge in [-0.25, -0.2) is 4.79 Å². The summed E-state index contributed by atoms with van der Waals surface area (Å²) in [6.45, 7) is 2.53. The van der Waals surface area contributed by atoms with Crippen molar-refractivity contribution in [3.8, 4) is 0 Å². The average molecular weight is 271 g/mol. The third-order valence-corrected chi connectivity index (χ3v) is 4.13. The third kappa shape index (κ3) is 2.93. The molecule has 20 heavy (non-hydrogen) atoms. The minimum absolute atomic E-state index is 0.104. The Hall–Kier alpha value is -1.61. The zero-order valence-electron chi connectivity index (χ0n) is 11.8. The number of nitrogens with zero attached hydrogens (tertiary/aromatic N) is 1. The van der Waals surface area contributed by atoms with E-state index in [0.29, 0.717) is 6.61 Å². The number of hydrogen-bond donors (Lipinski definition) is 0. The van der Waals surface area contributed by atoms with Gasteiger partial charge >= 0.3 is 5.97 Å². The van der Waals surface area contributed by atoms with Gasteiger partial charge in [0.2, 0.25) is 0 Å². The molecule has 0 radical (unpaired) electrons. The Bertz CT molecular complexity index is 495. The van der Waals surface area contributed by atoms with Crippen LogP contribution in [0.3, 0.4) is 0 Å². The SMILES string of the molecule is O=C1OCCCC=C1C1CCCN1Cc1ccccc1. The van der Waals surface area contributed by atoms with E-state index in [1.807, 2.05) is 6.07 Å². The monoisotopic (exact) mass is 271 g/mol. The Kier molecular flexibility index (Phi) is 4.16. The summed E-state index contributed by atoms with van der Waals surface area (Å²) < 4.78 is 5.29. The Balaban J connectivity index is 1.75. The predicted octanol–water partition coefficient (Wildman–Crippen LogP) is 2.91. The van der Waals surface area contributed by atoms with E-state index in [4.69, 9.17) is 4.74 Å². The smallest absolute Gasteiger partial charge is 0.335 e. The fraction of sp³-hybridized carbons (Fsp3) is 0.471. The number of carbonyl (C=O) groups is 1. The van der Waals surface area contributed by atoms with Crippen molar-refractivity contribution in [3.63, 3.8) is 0 Å². The summed E-state index contributed by atoms with van der Waals surface area (Å²) >= 11 is 0. The number of rotatable bonds is 3. The van der Waals surface area contributed by atoms with Gasteiger partial charge in [0.15, 0.2) is 0 Å². The van der Waals surface area contributed by atoms with Gasteiger partial charge < -0.3 is 4.74 Å². The second-order valence-electron chi connectivity index (χ2n) is 5.55. The lowest BCUT2D eigenvalue weighted by Gasteiger charge is -2.25. The minimum Gasteiger partial charge on any atom is -0.462 e. The molecule has 1 saturated heterocycles. The van der Waals surface area contributed by atoms with Crippen LogP contribution >= 0.6 is 0 Å². The fourth-order valence-electron chi connectivity index (χ4n) is 3.13. The van der Waals surface area contributed by atoms with E-state index in [9.17, 15) is 4.79 Å². The number of hydrogen-bond acceptors (Lipinski definition) is 3. The Morgan fingerprint density at radius 1 is 1.20 bits per heavy atom. The molecule has 0 aliphatic carbocycles. The van der Waals surface area contributed by atoms with Crippen molar-refractivity contribution in [2.75, 3.05) is 13.2 Å². The molecule has 0 N–H and O–H groups in total. The van der Waals surface area contributed by atoms with Crippen molar-refractivity contribution < 1.29 is 9.53 Å². The van der Waals surface area contributed by atoms with Crippen LogP contribution in [-0.2, 0) is 16.1 Å². The molecule has 3 nitrogen and oxygen atoms in total. The lowest BCUT2D eigenvalue weighted by atomic mass is 10.0. The van der Waals surface area contributed by atoms with E-state index < -0.39 is 0 Å². The summed E-state index contributed by atoms with van der Waals surface area (Å²) in [4.78, 5) is 14.5. The van der Waals surface area contributed by atoms with Crippen molar-refractivity contribution >= 4 is 5.97 Å². The first-order valence-corrected chi connectivity index (χ1v) is 7.50. The van der Waals surface area contributed by atoms with Gasteiger partial charge in [-0.3, -0.25) is 4.90 Å². The molecule has 0 spiro atoms. The molecular weight excluding hydrogens is 250 g/mol. The molecular formula is C17H21NO2. The number of allylic oxidation sites excluding steroid dienone is 1. The highest BCUT2D eigenvalue weighted by molar-refractivity contribution is 5.90. The number of carbonyl (C=O) groups excluding carboxylic acids is 1. The van der Waals surface area contributed by atoms with Crippen LogP contribution in [0, 0.1) is 0 Å². The van der Waals surface area contributed by atoms with Crippen molar-refractivity contribution in [2.24, 2.45) is 0 Å².